The average molecular weight is 503 g/mol. The molecule has 0 amide bonds. The number of nitrogens with one attached hydrogen (secondary N) is 3. The summed E-state index contributed by atoms with van der Waals surface area (Å²) in [5.74, 6) is -4.98. The summed E-state index contributed by atoms with van der Waals surface area (Å²) in [5, 5.41) is 11.5. The van der Waals surface area contributed by atoms with Gasteiger partial charge in [-0.3, -0.25) is 15.2 Å². The Kier molecular flexibility index (Phi) is 6.11. The number of hydrogen-bond donors (Lipinski definition) is 3. The van der Waals surface area contributed by atoms with Crippen LogP contribution in [0.3, 0.4) is 0 Å². The van der Waals surface area contributed by atoms with Gasteiger partial charge in [0, 0.05) is 29.1 Å². The lowest BCUT2D eigenvalue weighted by Crippen LogP contribution is -2.43. The molecule has 3 atom stereocenters. The van der Waals surface area contributed by atoms with E-state index in [2.05, 4.69) is 15.7 Å². The first-order valence-electron chi connectivity index (χ1n) is 10.0. The number of benzene rings is 2. The van der Waals surface area contributed by atoms with Gasteiger partial charge in [-0.25, -0.2) is 13.2 Å². The summed E-state index contributed by atoms with van der Waals surface area (Å²) in [6.45, 7) is 1.68. The van der Waals surface area contributed by atoms with Crippen molar-refractivity contribution in [2.24, 2.45) is 11.8 Å². The maximum Gasteiger partial charge on any atom is 0.432 e. The van der Waals surface area contributed by atoms with E-state index in [4.69, 9.17) is 11.6 Å². The molecule has 1 aliphatic carbocycles. The first-order valence-corrected chi connectivity index (χ1v) is 10.4. The molecule has 3 unspecified atom stereocenters. The van der Waals surface area contributed by atoms with Crippen molar-refractivity contribution < 1.29 is 31.1 Å². The van der Waals surface area contributed by atoms with Crippen molar-refractivity contribution in [3.8, 4) is 0 Å². The molecule has 1 fully saturated rings. The molecule has 1 heterocycles. The number of hydrogen-bond acceptors (Lipinski definition) is 4. The largest absolute Gasteiger partial charge is 0.432 e. The van der Waals surface area contributed by atoms with Crippen molar-refractivity contribution in [3.05, 3.63) is 81.8 Å². The molecule has 0 radical (unpaired) electrons. The maximum atomic E-state index is 13.7. The molecule has 12 heteroatoms. The monoisotopic (exact) mass is 502 g/mol. The normalized spacial score (nSPS) is 22.0. The van der Waals surface area contributed by atoms with E-state index in [0.29, 0.717) is 5.56 Å². The van der Waals surface area contributed by atoms with E-state index in [1.165, 1.54) is 12.1 Å². The highest BCUT2D eigenvalue weighted by Gasteiger charge is 2.66. The second-order valence-corrected chi connectivity index (χ2v) is 8.41. The number of aromatic amines is 1. The Morgan fingerprint density at radius 2 is 1.85 bits per heavy atom. The van der Waals surface area contributed by atoms with Crippen LogP contribution in [-0.4, -0.2) is 21.6 Å². The van der Waals surface area contributed by atoms with Crippen LogP contribution in [0.1, 0.15) is 28.5 Å². The predicted octanol–water partition coefficient (Wildman–Crippen LogP) is 5.55. The number of rotatable bonds is 7. The van der Waals surface area contributed by atoms with Gasteiger partial charge in [0.2, 0.25) is 0 Å². The van der Waals surface area contributed by atoms with Crippen LogP contribution in [0.15, 0.2) is 42.5 Å². The summed E-state index contributed by atoms with van der Waals surface area (Å²) in [5.41, 5.74) is -2.01. The topological polar surface area (TPSA) is 69.8 Å². The van der Waals surface area contributed by atoms with Crippen molar-refractivity contribution in [1.29, 1.82) is 0 Å². The number of carbonyl (C=O) groups is 1. The minimum atomic E-state index is -4.66. The Bertz CT molecular complexity index is 1250. The third-order valence-corrected chi connectivity index (χ3v) is 6.24. The Morgan fingerprint density at radius 1 is 1.12 bits per heavy atom. The zero-order valence-electron chi connectivity index (χ0n) is 17.4. The number of anilines is 1. The maximum absolute atomic E-state index is 13.7. The van der Waals surface area contributed by atoms with Gasteiger partial charge in [-0.15, -0.1) is 0 Å². The van der Waals surface area contributed by atoms with Crippen molar-refractivity contribution in [3.63, 3.8) is 0 Å². The van der Waals surface area contributed by atoms with Crippen LogP contribution in [0.5, 0.6) is 0 Å². The number of H-pyrrole nitrogens is 1. The number of halogens is 7. The molecule has 0 saturated heterocycles. The molecule has 0 aliphatic heterocycles. The quantitative estimate of drug-likeness (QED) is 0.225. The summed E-state index contributed by atoms with van der Waals surface area (Å²) in [4.78, 5) is 13.1. The highest BCUT2D eigenvalue weighted by atomic mass is 35.5. The lowest BCUT2D eigenvalue weighted by Gasteiger charge is -2.22. The van der Waals surface area contributed by atoms with Gasteiger partial charge < -0.3 is 5.32 Å². The van der Waals surface area contributed by atoms with E-state index >= 15 is 0 Å². The van der Waals surface area contributed by atoms with E-state index in [0.717, 1.165) is 30.3 Å². The standard InChI is InChI=1S/C22H17ClF6N4O/c1-10-19(20(34)11-3-5-15(25)16(26)6-11)21(10,30-9-12-2-4-13(24)7-14(12)23)31-18-8-17(32-33-18)22(27,28)29/h2-8,10,19,30H,9H2,1H3,(H2,31,32,33). The second kappa shape index (κ2) is 8.62. The lowest BCUT2D eigenvalue weighted by atomic mass is 10.0. The summed E-state index contributed by atoms with van der Waals surface area (Å²) >= 11 is 6.07. The summed E-state index contributed by atoms with van der Waals surface area (Å²) in [6.07, 6.45) is -4.66. The molecule has 34 heavy (non-hydrogen) atoms. The molecule has 4 rings (SSSR count). The first-order chi connectivity index (χ1) is 15.9. The van der Waals surface area contributed by atoms with E-state index in [1.54, 1.807) is 6.92 Å². The van der Waals surface area contributed by atoms with Gasteiger partial charge in [0.15, 0.2) is 17.4 Å². The fraction of sp³-hybridized carbons (Fsp3) is 0.273. The van der Waals surface area contributed by atoms with Gasteiger partial charge in [0.05, 0.1) is 5.92 Å². The molecule has 5 nitrogen and oxygen atoms in total. The number of carbonyl (C=O) groups excluding carboxylic acids is 1. The van der Waals surface area contributed by atoms with Crippen molar-refractivity contribution in [2.75, 3.05) is 5.32 Å². The molecular weight excluding hydrogens is 486 g/mol. The molecular formula is C22H17ClF6N4O. The van der Waals surface area contributed by atoms with Crippen LogP contribution in [-0.2, 0) is 12.7 Å². The third-order valence-electron chi connectivity index (χ3n) is 5.89. The fourth-order valence-electron chi connectivity index (χ4n) is 3.98. The minimum Gasteiger partial charge on any atom is -0.350 e. The molecule has 2 aromatic carbocycles. The summed E-state index contributed by atoms with van der Waals surface area (Å²) < 4.78 is 79.4. The number of aromatic nitrogens is 2. The van der Waals surface area contributed by atoms with Gasteiger partial charge in [-0.05, 0) is 35.9 Å². The van der Waals surface area contributed by atoms with Gasteiger partial charge in [0.1, 0.15) is 23.0 Å². The van der Waals surface area contributed by atoms with E-state index in [9.17, 15) is 31.1 Å². The van der Waals surface area contributed by atoms with Gasteiger partial charge in [0.25, 0.3) is 0 Å². The van der Waals surface area contributed by atoms with E-state index in [1.807, 2.05) is 5.10 Å². The summed E-state index contributed by atoms with van der Waals surface area (Å²) in [6, 6.07) is 7.17. The lowest BCUT2D eigenvalue weighted by molar-refractivity contribution is -0.141. The van der Waals surface area contributed by atoms with Crippen molar-refractivity contribution >= 4 is 23.2 Å². The number of nitrogens with zero attached hydrogens (tertiary/aromatic N) is 1. The van der Waals surface area contributed by atoms with Crippen LogP contribution in [0.25, 0.3) is 0 Å². The highest BCUT2D eigenvalue weighted by Crippen LogP contribution is 2.52. The fourth-order valence-corrected chi connectivity index (χ4v) is 4.21. The smallest absolute Gasteiger partial charge is 0.350 e. The first kappa shape index (κ1) is 24.1. The second-order valence-electron chi connectivity index (χ2n) is 8.01. The van der Waals surface area contributed by atoms with Crippen molar-refractivity contribution in [1.82, 2.24) is 15.5 Å². The van der Waals surface area contributed by atoms with Crippen molar-refractivity contribution in [2.45, 2.75) is 25.3 Å². The Balaban J connectivity index is 1.64. The zero-order valence-corrected chi connectivity index (χ0v) is 18.2. The van der Waals surface area contributed by atoms with Crippen LogP contribution >= 0.6 is 11.6 Å². The molecule has 3 N–H and O–H groups in total. The van der Waals surface area contributed by atoms with Crippen LogP contribution in [0.4, 0.5) is 32.2 Å². The minimum absolute atomic E-state index is 0.0224. The Hall–Kier alpha value is -3.05. The van der Waals surface area contributed by atoms with Gasteiger partial charge >= 0.3 is 6.18 Å². The SMILES string of the molecule is CC1C(C(=O)c2ccc(F)c(F)c2)C1(NCc1ccc(F)cc1Cl)Nc1cc(C(F)(F)F)[nH]n1. The van der Waals surface area contributed by atoms with Crippen LogP contribution < -0.4 is 10.6 Å². The number of alkyl halides is 3. The Morgan fingerprint density at radius 3 is 2.47 bits per heavy atom. The van der Waals surface area contributed by atoms with E-state index in [-0.39, 0.29) is 22.9 Å². The average Bonchev–Trinajstić information content (AvgIpc) is 3.08. The van der Waals surface area contributed by atoms with Crippen LogP contribution in [0.2, 0.25) is 5.02 Å². The predicted molar refractivity (Wildman–Crippen MR) is 112 cm³/mol. The van der Waals surface area contributed by atoms with E-state index < -0.39 is 52.6 Å². The van der Waals surface area contributed by atoms with Crippen LogP contribution in [0, 0.1) is 29.3 Å². The zero-order chi connectivity index (χ0) is 24.8. The summed E-state index contributed by atoms with van der Waals surface area (Å²) in [7, 11) is 0. The molecule has 1 aromatic heterocycles. The number of ketones is 1. The van der Waals surface area contributed by atoms with Gasteiger partial charge in [-0.1, -0.05) is 24.6 Å². The molecule has 0 spiro atoms. The third kappa shape index (κ3) is 4.49. The highest BCUT2D eigenvalue weighted by molar-refractivity contribution is 6.31. The molecule has 180 valence electrons. The molecule has 1 saturated carbocycles. The number of Topliss-reactive ketones (excluding diaryl/α,β-unsaturated/α-hetero) is 1. The molecule has 1 aliphatic rings. The molecule has 3 aromatic rings. The Labute approximate surface area is 194 Å². The molecule has 0 bridgehead atoms. The van der Waals surface area contributed by atoms with Gasteiger partial charge in [-0.2, -0.15) is 18.3 Å².